The van der Waals surface area contributed by atoms with E-state index in [9.17, 15) is 9.90 Å². The van der Waals surface area contributed by atoms with E-state index in [2.05, 4.69) is 0 Å². The molecule has 26 heavy (non-hydrogen) atoms. The minimum atomic E-state index is -0.445. The second-order valence-electron chi connectivity index (χ2n) is 7.20. The van der Waals surface area contributed by atoms with Gasteiger partial charge in [0.25, 0.3) is 0 Å². The summed E-state index contributed by atoms with van der Waals surface area (Å²) in [5.41, 5.74) is 1.80. The van der Waals surface area contributed by atoms with Gasteiger partial charge in [-0.05, 0) is 50.1 Å². The first-order valence-corrected chi connectivity index (χ1v) is 8.53. The van der Waals surface area contributed by atoms with Gasteiger partial charge in [-0.3, -0.25) is 4.90 Å². The number of ether oxygens (including phenoxy) is 1. The molecule has 0 aliphatic heterocycles. The van der Waals surface area contributed by atoms with Gasteiger partial charge in [0.05, 0.1) is 18.3 Å². The van der Waals surface area contributed by atoms with E-state index in [-0.39, 0.29) is 6.61 Å². The lowest BCUT2D eigenvalue weighted by atomic mass is 10.1. The summed E-state index contributed by atoms with van der Waals surface area (Å²) in [6.07, 6.45) is 1.09. The molecule has 0 saturated heterocycles. The number of rotatable bonds is 4. The molecule has 2 aromatic carbocycles. The molecule has 1 N–H and O–H groups in total. The zero-order valence-electron chi connectivity index (χ0n) is 15.2. The summed E-state index contributed by atoms with van der Waals surface area (Å²) >= 11 is 0. The Labute approximate surface area is 152 Å². The first-order valence-electron chi connectivity index (χ1n) is 8.53. The lowest BCUT2D eigenvalue weighted by molar-refractivity contribution is 0.102. The maximum Gasteiger partial charge on any atom is 0.415 e. The van der Waals surface area contributed by atoms with Crippen LogP contribution in [0.4, 0.5) is 4.79 Å². The number of nitrogens with zero attached hydrogens (tertiary/aromatic N) is 1. The second-order valence-corrected chi connectivity index (χ2v) is 7.20. The van der Waals surface area contributed by atoms with Crippen LogP contribution in [-0.4, -0.2) is 21.6 Å². The molecule has 1 aromatic heterocycles. The van der Waals surface area contributed by atoms with Gasteiger partial charge in [0.2, 0.25) is 0 Å². The highest BCUT2D eigenvalue weighted by atomic mass is 16.6. The highest BCUT2D eigenvalue weighted by molar-refractivity contribution is 5.87. The van der Waals surface area contributed by atoms with Crippen LogP contribution < -0.4 is 4.74 Å². The zero-order chi connectivity index (χ0) is 18.7. The minimum absolute atomic E-state index is 0.159. The fourth-order valence-corrected chi connectivity index (χ4v) is 2.76. The Hall–Kier alpha value is -2.79. The van der Waals surface area contributed by atoms with Crippen LogP contribution in [-0.2, 0) is 13.2 Å². The molecule has 0 aliphatic rings. The number of aliphatic hydroxyl groups is 1. The summed E-state index contributed by atoms with van der Waals surface area (Å²) in [4.78, 5) is 14.6. The Balaban J connectivity index is 1.90. The van der Waals surface area contributed by atoms with Gasteiger partial charge in [-0.15, -0.1) is 0 Å². The number of aliphatic hydroxyl groups excluding tert-OH is 1. The third kappa shape index (κ3) is 3.89. The van der Waals surface area contributed by atoms with E-state index in [0.717, 1.165) is 5.56 Å². The maximum atomic E-state index is 12.9. The van der Waals surface area contributed by atoms with Crippen LogP contribution in [0.25, 0.3) is 11.0 Å². The van der Waals surface area contributed by atoms with Gasteiger partial charge < -0.3 is 14.3 Å². The molecule has 136 valence electrons. The number of amides is 1. The van der Waals surface area contributed by atoms with E-state index in [1.54, 1.807) is 23.1 Å². The van der Waals surface area contributed by atoms with Crippen molar-refractivity contribution in [3.63, 3.8) is 0 Å². The van der Waals surface area contributed by atoms with Crippen molar-refractivity contribution >= 4 is 17.1 Å². The Kier molecular flexibility index (Phi) is 5.00. The molecule has 0 radical (unpaired) electrons. The SMILES string of the molecule is CC(C)(C)N(Cc1ccccc1)C(=O)Oc1cc(CO)cc2occc12. The number of carbonyl (C=O) groups is 1. The molecule has 0 saturated carbocycles. The van der Waals surface area contributed by atoms with Gasteiger partial charge in [-0.25, -0.2) is 4.79 Å². The predicted octanol–water partition coefficient (Wildman–Crippen LogP) is 4.72. The normalized spacial score (nSPS) is 11.5. The highest BCUT2D eigenvalue weighted by Gasteiger charge is 2.29. The highest BCUT2D eigenvalue weighted by Crippen LogP contribution is 2.30. The molecule has 0 spiro atoms. The predicted molar refractivity (Wildman–Crippen MR) is 99.9 cm³/mol. The van der Waals surface area contributed by atoms with Gasteiger partial charge in [-0.1, -0.05) is 30.3 Å². The summed E-state index contributed by atoms with van der Waals surface area (Å²) in [6.45, 7) is 6.18. The van der Waals surface area contributed by atoms with Crippen molar-refractivity contribution in [2.75, 3.05) is 0 Å². The van der Waals surface area contributed by atoms with E-state index in [1.165, 1.54) is 6.26 Å². The van der Waals surface area contributed by atoms with Crippen LogP contribution in [0.2, 0.25) is 0 Å². The summed E-state index contributed by atoms with van der Waals surface area (Å²) in [7, 11) is 0. The fourth-order valence-electron chi connectivity index (χ4n) is 2.76. The van der Waals surface area contributed by atoms with Crippen molar-refractivity contribution in [1.82, 2.24) is 4.90 Å². The first-order chi connectivity index (χ1) is 12.4. The van der Waals surface area contributed by atoms with Crippen molar-refractivity contribution in [2.45, 2.75) is 39.5 Å². The van der Waals surface area contributed by atoms with Gasteiger partial charge in [0, 0.05) is 12.1 Å². The van der Waals surface area contributed by atoms with E-state index in [4.69, 9.17) is 9.15 Å². The van der Waals surface area contributed by atoms with E-state index >= 15 is 0 Å². The van der Waals surface area contributed by atoms with Crippen molar-refractivity contribution in [3.05, 3.63) is 65.9 Å². The van der Waals surface area contributed by atoms with E-state index in [0.29, 0.717) is 28.8 Å². The minimum Gasteiger partial charge on any atom is -0.464 e. The lowest BCUT2D eigenvalue weighted by Crippen LogP contribution is -2.46. The maximum absolute atomic E-state index is 12.9. The zero-order valence-corrected chi connectivity index (χ0v) is 15.2. The third-order valence-electron chi connectivity index (χ3n) is 4.19. The van der Waals surface area contributed by atoms with Crippen LogP contribution in [0, 0.1) is 0 Å². The number of hydrogen-bond donors (Lipinski definition) is 1. The molecule has 1 amide bonds. The smallest absolute Gasteiger partial charge is 0.415 e. The van der Waals surface area contributed by atoms with Crippen LogP contribution in [0.3, 0.4) is 0 Å². The number of carbonyl (C=O) groups excluding carboxylic acids is 1. The quantitative estimate of drug-likeness (QED) is 0.737. The molecule has 0 atom stereocenters. The Morgan fingerprint density at radius 1 is 1.12 bits per heavy atom. The average molecular weight is 353 g/mol. The molecular weight excluding hydrogens is 330 g/mol. The lowest BCUT2D eigenvalue weighted by Gasteiger charge is -2.34. The number of fused-ring (bicyclic) bond motifs is 1. The molecule has 1 heterocycles. The number of hydrogen-bond acceptors (Lipinski definition) is 4. The molecule has 5 nitrogen and oxygen atoms in total. The standard InChI is InChI=1S/C21H23NO4/c1-21(2,3)22(13-15-7-5-4-6-8-15)20(24)26-19-12-16(14-23)11-18-17(19)9-10-25-18/h4-12,23H,13-14H2,1-3H3. The number of furan rings is 1. The summed E-state index contributed by atoms with van der Waals surface area (Å²) in [5, 5.41) is 10.1. The topological polar surface area (TPSA) is 62.9 Å². The summed E-state index contributed by atoms with van der Waals surface area (Å²) < 4.78 is 11.1. The van der Waals surface area contributed by atoms with Crippen molar-refractivity contribution in [2.24, 2.45) is 0 Å². The molecule has 0 unspecified atom stereocenters. The first kappa shape index (κ1) is 18.0. The Morgan fingerprint density at radius 3 is 2.50 bits per heavy atom. The molecule has 5 heteroatoms. The average Bonchev–Trinajstić information content (AvgIpc) is 3.08. The second kappa shape index (κ2) is 7.22. The van der Waals surface area contributed by atoms with Gasteiger partial charge in [-0.2, -0.15) is 0 Å². The van der Waals surface area contributed by atoms with E-state index in [1.807, 2.05) is 51.1 Å². The summed E-state index contributed by atoms with van der Waals surface area (Å²) in [6, 6.07) is 14.9. The van der Waals surface area contributed by atoms with Gasteiger partial charge in [0.15, 0.2) is 0 Å². The Morgan fingerprint density at radius 2 is 1.85 bits per heavy atom. The number of benzene rings is 2. The molecule has 3 rings (SSSR count). The van der Waals surface area contributed by atoms with Crippen molar-refractivity contribution in [3.8, 4) is 5.75 Å². The molecule has 3 aromatic rings. The van der Waals surface area contributed by atoms with Crippen LogP contribution >= 0.6 is 0 Å². The Bertz CT molecular complexity index is 893. The molecule has 0 fully saturated rings. The molecule has 0 bridgehead atoms. The third-order valence-corrected chi connectivity index (χ3v) is 4.19. The molecule has 0 aliphatic carbocycles. The van der Waals surface area contributed by atoms with Crippen molar-refractivity contribution in [1.29, 1.82) is 0 Å². The fraction of sp³-hybridized carbons (Fsp3) is 0.286. The largest absolute Gasteiger partial charge is 0.464 e. The van der Waals surface area contributed by atoms with E-state index < -0.39 is 11.6 Å². The molecular formula is C21H23NO4. The van der Waals surface area contributed by atoms with Gasteiger partial charge >= 0.3 is 6.09 Å². The summed E-state index contributed by atoms with van der Waals surface area (Å²) in [5.74, 6) is 0.382. The monoisotopic (exact) mass is 353 g/mol. The van der Waals surface area contributed by atoms with Crippen LogP contribution in [0.5, 0.6) is 5.75 Å². The van der Waals surface area contributed by atoms with Crippen LogP contribution in [0.15, 0.2) is 59.2 Å². The van der Waals surface area contributed by atoms with Crippen LogP contribution in [0.1, 0.15) is 31.9 Å². The van der Waals surface area contributed by atoms with Crippen molar-refractivity contribution < 1.29 is 19.1 Å². The van der Waals surface area contributed by atoms with Gasteiger partial charge in [0.1, 0.15) is 11.3 Å².